The molecule has 124 heavy (non-hydrogen) atoms. The molecule has 3 saturated carbocycles. The predicted octanol–water partition coefficient (Wildman–Crippen LogP) is 35.3. The van der Waals surface area contributed by atoms with E-state index in [0.717, 1.165) is 96.4 Å². The van der Waals surface area contributed by atoms with Crippen molar-refractivity contribution in [2.75, 3.05) is 19.6 Å². The molecule has 1 aliphatic heterocycles. The molecule has 4 aliphatic rings. The molecule has 5 heterocycles. The van der Waals surface area contributed by atoms with Crippen LogP contribution in [0.4, 0.5) is 0 Å². The van der Waals surface area contributed by atoms with Crippen molar-refractivity contribution in [2.45, 2.75) is 370 Å². The van der Waals surface area contributed by atoms with Gasteiger partial charge in [0, 0.05) is 118 Å². The van der Waals surface area contributed by atoms with E-state index in [4.69, 9.17) is 4.79 Å². The Hall–Kier alpha value is -5.34. The quantitative estimate of drug-likeness (QED) is 0.0821. The molecule has 0 spiro atoms. The number of nitrogens with zero attached hydrogens (tertiary/aromatic N) is 5. The molecule has 8 heteroatoms. The molecular formula is C116H200N6OY-2. The molecule has 0 unspecified atom stereocenters. The Morgan fingerprint density at radius 3 is 1.20 bits per heavy atom. The van der Waals surface area contributed by atoms with Crippen LogP contribution in [0, 0.1) is 109 Å². The molecule has 1 saturated heterocycles. The predicted molar refractivity (Wildman–Crippen MR) is 558 cm³/mol. The van der Waals surface area contributed by atoms with Gasteiger partial charge in [-0.15, -0.1) is 0 Å². The number of fused-ring (bicyclic) bond motifs is 3. The minimum Gasteiger partial charge on any atom is -0.542 e. The van der Waals surface area contributed by atoms with Crippen LogP contribution in [0.3, 0.4) is 0 Å². The number of hydrogen-bond donors (Lipinski definition) is 1. The van der Waals surface area contributed by atoms with Crippen molar-refractivity contribution in [3.05, 3.63) is 205 Å². The van der Waals surface area contributed by atoms with Crippen LogP contribution in [0.5, 0.6) is 0 Å². The summed E-state index contributed by atoms with van der Waals surface area (Å²) < 4.78 is 6.50. The second-order valence-electron chi connectivity index (χ2n) is 40.0. The van der Waals surface area contributed by atoms with Crippen molar-refractivity contribution < 1.29 is 37.5 Å². The fourth-order valence-electron chi connectivity index (χ4n) is 14.4. The van der Waals surface area contributed by atoms with Gasteiger partial charge in [-0.05, 0) is 224 Å². The normalized spacial score (nSPS) is 13.4. The Bertz CT molecular complexity index is 3690. The van der Waals surface area contributed by atoms with E-state index in [1.165, 1.54) is 215 Å². The van der Waals surface area contributed by atoms with Gasteiger partial charge in [-0.25, -0.2) is 0 Å². The van der Waals surface area contributed by atoms with Gasteiger partial charge in [-0.2, -0.15) is 17.9 Å². The van der Waals surface area contributed by atoms with Crippen LogP contribution in [0.2, 0.25) is 0 Å². The number of aromatic nitrogens is 5. The van der Waals surface area contributed by atoms with Crippen molar-refractivity contribution in [2.24, 2.45) is 102 Å². The number of benzene rings is 5. The zero-order chi connectivity index (χ0) is 92.5. The summed E-state index contributed by atoms with van der Waals surface area (Å²) in [4.78, 5) is 14.6. The van der Waals surface area contributed by atoms with Crippen LogP contribution in [-0.2, 0) is 83.3 Å². The second kappa shape index (κ2) is 77.6. The van der Waals surface area contributed by atoms with E-state index in [0.29, 0.717) is 17.8 Å². The van der Waals surface area contributed by atoms with E-state index in [9.17, 15) is 0 Å². The standard InChI is InChI=1S/2C13H17N.C12H15N.2C10H14.C9H19N.C9H18.C8H16.C7H12N2.C6H12.2C5H12.C4H9.C2H3O.C2H6.CH4.Y/c1-10(2)9-14-7-6-12-8-11(3)4-5-13(12)14;1-10(2)8-11-9-14(3)13-7-5-4-6-12(11)13;1-9(2)7-10-8-13-12-6-4-3-5-11(10)12;3*1-9(2)8-10-6-4-3-5-7-10;1-8(2)9-6-4-3-5-7-9;1-7(2)8-5-3-4-6-8;1-7(2)6-9-5-3-4-8-9;1-5(2)6-3-4-6;2*1-4-5(2)3;1-4(2)3;1-2-3;1-2;;/h4-8,10H,9H2,1-3H3;4-7,9-10H,8H2,1-3H3;3-6,8-9,13H,7H2,1-2H3;2*3-7,9H,8H2,1-2H3;9H,3-8H2,1-2H3;8-9H,3-7H2,1-2H3;7-8H,3-6H2,1-2H3;3-5,7H,6H2,1-2H3;5-6H,3-4H2,1-2H3;2*5H,4H2,1-3H3;4H,1H2,2-3H3;1H3;1-2H3;1H4;/q;;;;;;;;;;;;2*-1;;;. The molecule has 9 aromatic rings. The van der Waals surface area contributed by atoms with Crippen LogP contribution in [0.15, 0.2) is 171 Å². The third-order valence-electron chi connectivity index (χ3n) is 21.7. The summed E-state index contributed by atoms with van der Waals surface area (Å²) in [6.45, 7) is 80.1. The molecule has 0 bridgehead atoms. The Morgan fingerprint density at radius 2 is 0.823 bits per heavy atom. The van der Waals surface area contributed by atoms with Crippen LogP contribution in [0.1, 0.15) is 353 Å². The van der Waals surface area contributed by atoms with Crippen molar-refractivity contribution in [3.63, 3.8) is 0 Å². The third-order valence-corrected chi connectivity index (χ3v) is 21.7. The fourth-order valence-corrected chi connectivity index (χ4v) is 14.4. The van der Waals surface area contributed by atoms with Crippen LogP contribution in [0.25, 0.3) is 32.7 Å². The molecule has 7 nitrogen and oxygen atoms in total. The summed E-state index contributed by atoms with van der Waals surface area (Å²) in [5, 5.41) is 8.20. The minimum atomic E-state index is 0. The van der Waals surface area contributed by atoms with Crippen LogP contribution >= 0.6 is 0 Å². The van der Waals surface area contributed by atoms with Crippen molar-refractivity contribution in [1.82, 2.24) is 28.8 Å². The smallest absolute Gasteiger partial charge is 0.0489 e. The summed E-state index contributed by atoms with van der Waals surface area (Å²) in [5.74, 6) is 13.6. The summed E-state index contributed by atoms with van der Waals surface area (Å²) in [6.07, 6.45) is 39.9. The van der Waals surface area contributed by atoms with Gasteiger partial charge in [0.1, 0.15) is 0 Å². The van der Waals surface area contributed by atoms with E-state index in [1.807, 2.05) is 37.0 Å². The second-order valence-corrected chi connectivity index (χ2v) is 40.0. The molecule has 1 N–H and O–H groups in total. The minimum absolute atomic E-state index is 0. The molecule has 5 aromatic carbocycles. The topological polar surface area (TPSA) is 63.8 Å². The molecule has 4 fully saturated rings. The van der Waals surface area contributed by atoms with E-state index in [-0.39, 0.29) is 40.1 Å². The van der Waals surface area contributed by atoms with Gasteiger partial charge in [0.2, 0.25) is 0 Å². The number of piperidine rings is 1. The number of aryl methyl sites for hydroxylation is 2. The fraction of sp³-hybridized carbons (Fsp3) is 0.647. The van der Waals surface area contributed by atoms with Crippen LogP contribution in [-0.4, -0.2) is 54.7 Å². The molecule has 13 rings (SSSR count). The first-order valence-corrected chi connectivity index (χ1v) is 49.4. The summed E-state index contributed by atoms with van der Waals surface area (Å²) in [7, 11) is 2.12. The average molecular weight is 1780 g/mol. The third kappa shape index (κ3) is 67.0. The Kier molecular flexibility index (Phi) is 78.2. The number of nitrogens with one attached hydrogen (secondary N) is 1. The monoisotopic (exact) mass is 1780 g/mol. The Morgan fingerprint density at radius 1 is 0.435 bits per heavy atom. The molecule has 3 aliphatic carbocycles. The summed E-state index contributed by atoms with van der Waals surface area (Å²) >= 11 is 0. The van der Waals surface area contributed by atoms with E-state index in [2.05, 4.69) is 391 Å². The maximum atomic E-state index is 8.68. The first-order chi connectivity index (χ1) is 57.9. The number of rotatable bonds is 19. The van der Waals surface area contributed by atoms with E-state index < -0.39 is 0 Å². The number of H-pyrrole nitrogens is 1. The zero-order valence-corrected chi connectivity index (χ0v) is 89.3. The Balaban J connectivity index is -0.000000633. The van der Waals surface area contributed by atoms with E-state index in [1.54, 1.807) is 0 Å². The summed E-state index contributed by atoms with van der Waals surface area (Å²) in [6, 6.07) is 49.1. The SMILES string of the molecule is C.CC.CC(C)C1CC1.CC(C)C1CCCC1.CC(C)C1CCCCC1.CC(C)CN1CCCCC1.CC(C)Cc1c[nH]c2ccccc12.CC(C)Cc1ccccc1.CC(C)Cc1ccccc1.CC(C)Cc1cn(C)c2ccccc12.CC(C)Cn1cccn1.CCC(C)C.CCC(C)C.C[C-]=O.Cc1ccc2c(ccn2CC(C)C)c1.[CH2-]C(C)C.[Y]. The number of hydrogen-bond acceptors (Lipinski definition) is 3. The van der Waals surface area contributed by atoms with Gasteiger partial charge in [0.15, 0.2) is 0 Å². The van der Waals surface area contributed by atoms with Gasteiger partial charge in [-0.3, -0.25) is 11.0 Å². The number of aromatic amines is 1. The average Bonchev–Trinajstić information content (AvgIpc) is 1.70. The molecule has 1 radical (unpaired) electrons. The number of carbonyl (C=O) groups excluding carboxylic acids is 1. The van der Waals surface area contributed by atoms with Crippen molar-refractivity contribution in [3.8, 4) is 0 Å². The molecule has 705 valence electrons. The molecule has 0 atom stereocenters. The van der Waals surface area contributed by atoms with Gasteiger partial charge < -0.3 is 30.7 Å². The number of likely N-dealkylation sites (tertiary alicyclic amines) is 1. The van der Waals surface area contributed by atoms with Crippen molar-refractivity contribution >= 4 is 39.0 Å². The maximum Gasteiger partial charge on any atom is 0.0489 e. The Labute approximate surface area is 796 Å². The summed E-state index contributed by atoms with van der Waals surface area (Å²) in [5.41, 5.74) is 11.1. The van der Waals surface area contributed by atoms with Gasteiger partial charge in [-0.1, -0.05) is 401 Å². The molecular weight excluding hydrogens is 1580 g/mol. The van der Waals surface area contributed by atoms with Gasteiger partial charge in [0.05, 0.1) is 0 Å². The van der Waals surface area contributed by atoms with Crippen LogP contribution < -0.4 is 0 Å². The molecule has 4 aromatic heterocycles. The largest absolute Gasteiger partial charge is 0.542 e. The van der Waals surface area contributed by atoms with Gasteiger partial charge >= 0.3 is 0 Å². The maximum absolute atomic E-state index is 8.68. The number of para-hydroxylation sites is 2. The van der Waals surface area contributed by atoms with Crippen molar-refractivity contribution in [1.29, 1.82) is 0 Å². The molecule has 0 amide bonds. The first kappa shape index (κ1) is 125. The first-order valence-electron chi connectivity index (χ1n) is 49.4. The van der Waals surface area contributed by atoms with Gasteiger partial charge in [0.25, 0.3) is 0 Å². The zero-order valence-electron chi connectivity index (χ0n) is 86.5. The van der Waals surface area contributed by atoms with E-state index >= 15 is 0 Å².